The summed E-state index contributed by atoms with van der Waals surface area (Å²) < 4.78 is 15.1. The summed E-state index contributed by atoms with van der Waals surface area (Å²) >= 11 is 10.8. The Kier molecular flexibility index (Phi) is 9.40. The number of piperazine rings is 1. The van der Waals surface area contributed by atoms with Crippen LogP contribution in [-0.4, -0.2) is 46.4 Å². The van der Waals surface area contributed by atoms with Gasteiger partial charge in [0.05, 0.1) is 5.39 Å². The van der Waals surface area contributed by atoms with E-state index in [1.807, 2.05) is 26.8 Å². The van der Waals surface area contributed by atoms with E-state index in [1.54, 1.807) is 0 Å². The molecule has 0 bridgehead atoms. The van der Waals surface area contributed by atoms with Crippen LogP contribution in [0.4, 0.5) is 10.2 Å². The van der Waals surface area contributed by atoms with E-state index in [1.165, 1.54) is 11.8 Å². The van der Waals surface area contributed by atoms with E-state index in [0.29, 0.717) is 21.0 Å². The molecular formula is C19H26BrClFN5S. The first-order valence-electron chi connectivity index (χ1n) is 9.50. The summed E-state index contributed by atoms with van der Waals surface area (Å²) in [7, 11) is 0. The number of hydrogen-bond acceptors (Lipinski definition) is 6. The van der Waals surface area contributed by atoms with Gasteiger partial charge in [0.1, 0.15) is 15.9 Å². The minimum atomic E-state index is -0.607. The van der Waals surface area contributed by atoms with Crippen molar-refractivity contribution < 1.29 is 4.39 Å². The maximum atomic E-state index is 14.7. The standard InChI is InChI=1S/C17H20BrClFN5S.C2H6/c1-3-5-6-10-9-21-7-8-25(10)16-11-13(22-17(24-16)26-4-2)12(20)15(19)23-14(11)18;1-2/h3,10,21H,1,4-9H2,2H3;1-2H3. The molecule has 0 amide bonds. The van der Waals surface area contributed by atoms with Crippen LogP contribution in [0.3, 0.4) is 0 Å². The Hall–Kier alpha value is -0.960. The topological polar surface area (TPSA) is 53.9 Å². The van der Waals surface area contributed by atoms with Crippen LogP contribution in [0.25, 0.3) is 10.9 Å². The number of aromatic nitrogens is 3. The molecular weight excluding hydrogens is 465 g/mol. The number of anilines is 1. The molecule has 5 nitrogen and oxygen atoms in total. The number of allylic oxidation sites excluding steroid dienone is 1. The molecule has 0 radical (unpaired) electrons. The van der Waals surface area contributed by atoms with Gasteiger partial charge in [-0.25, -0.2) is 19.3 Å². The van der Waals surface area contributed by atoms with E-state index in [9.17, 15) is 4.39 Å². The van der Waals surface area contributed by atoms with Gasteiger partial charge >= 0.3 is 0 Å². The van der Waals surface area contributed by atoms with Crippen molar-refractivity contribution in [2.24, 2.45) is 0 Å². The molecule has 1 N–H and O–H groups in total. The normalized spacial score (nSPS) is 16.6. The van der Waals surface area contributed by atoms with Crippen molar-refractivity contribution in [3.05, 3.63) is 28.2 Å². The SMILES string of the molecule is C=CCCC1CNCCN1c1nc(SCC)nc2c(F)c(Cl)nc(Br)c12.CC. The molecule has 0 saturated carbocycles. The summed E-state index contributed by atoms with van der Waals surface area (Å²) in [6, 6.07) is 0.241. The van der Waals surface area contributed by atoms with Crippen molar-refractivity contribution in [3.8, 4) is 0 Å². The molecule has 1 aliphatic rings. The summed E-state index contributed by atoms with van der Waals surface area (Å²) in [5.74, 6) is 0.897. The molecule has 1 saturated heterocycles. The lowest BCUT2D eigenvalue weighted by Crippen LogP contribution is -2.51. The molecule has 2 aromatic rings. The fourth-order valence-electron chi connectivity index (χ4n) is 3.08. The van der Waals surface area contributed by atoms with Gasteiger partial charge in [0.25, 0.3) is 0 Å². The van der Waals surface area contributed by atoms with Crippen molar-refractivity contribution >= 4 is 56.0 Å². The fourth-order valence-corrected chi connectivity index (χ4v) is 4.46. The van der Waals surface area contributed by atoms with Crippen LogP contribution in [0.2, 0.25) is 5.15 Å². The highest BCUT2D eigenvalue weighted by Crippen LogP contribution is 2.36. The molecule has 0 aromatic carbocycles. The Morgan fingerprint density at radius 2 is 2.14 bits per heavy atom. The van der Waals surface area contributed by atoms with Gasteiger partial charge in [0.15, 0.2) is 16.1 Å². The number of nitrogens with zero attached hydrogens (tertiary/aromatic N) is 4. The van der Waals surface area contributed by atoms with Gasteiger partial charge in [0.2, 0.25) is 0 Å². The number of rotatable bonds is 6. The van der Waals surface area contributed by atoms with Gasteiger partial charge in [-0.2, -0.15) is 0 Å². The van der Waals surface area contributed by atoms with Gasteiger partial charge in [-0.05, 0) is 34.5 Å². The Morgan fingerprint density at radius 3 is 2.82 bits per heavy atom. The second-order valence-electron chi connectivity index (χ2n) is 5.91. The summed E-state index contributed by atoms with van der Waals surface area (Å²) in [5, 5.41) is 4.34. The van der Waals surface area contributed by atoms with Gasteiger partial charge in [-0.3, -0.25) is 0 Å². The van der Waals surface area contributed by atoms with Crippen molar-refractivity contribution in [3.63, 3.8) is 0 Å². The highest BCUT2D eigenvalue weighted by Gasteiger charge is 2.28. The maximum absolute atomic E-state index is 14.7. The zero-order valence-electron chi connectivity index (χ0n) is 16.4. The third-order valence-electron chi connectivity index (χ3n) is 4.26. The van der Waals surface area contributed by atoms with E-state index >= 15 is 0 Å². The number of nitrogens with one attached hydrogen (secondary N) is 1. The van der Waals surface area contributed by atoms with E-state index in [-0.39, 0.29) is 16.7 Å². The summed E-state index contributed by atoms with van der Waals surface area (Å²) in [6.07, 6.45) is 3.77. The van der Waals surface area contributed by atoms with Crippen LogP contribution >= 0.6 is 39.3 Å². The number of hydrogen-bond donors (Lipinski definition) is 1. The molecule has 154 valence electrons. The summed E-state index contributed by atoms with van der Waals surface area (Å²) in [6.45, 7) is 12.3. The fraction of sp³-hybridized carbons (Fsp3) is 0.526. The smallest absolute Gasteiger partial charge is 0.190 e. The molecule has 0 spiro atoms. The first-order valence-corrected chi connectivity index (χ1v) is 11.7. The lowest BCUT2D eigenvalue weighted by molar-refractivity contribution is 0.453. The molecule has 1 fully saturated rings. The van der Waals surface area contributed by atoms with E-state index in [4.69, 9.17) is 16.6 Å². The average Bonchev–Trinajstić information content (AvgIpc) is 2.72. The molecule has 1 unspecified atom stereocenters. The lowest BCUT2D eigenvalue weighted by Gasteiger charge is -2.37. The molecule has 9 heteroatoms. The van der Waals surface area contributed by atoms with Crippen LogP contribution in [0, 0.1) is 5.82 Å². The first kappa shape index (κ1) is 23.3. The Balaban J connectivity index is 0.00000136. The first-order chi connectivity index (χ1) is 13.6. The average molecular weight is 491 g/mol. The summed E-state index contributed by atoms with van der Waals surface area (Å²) in [4.78, 5) is 15.4. The summed E-state index contributed by atoms with van der Waals surface area (Å²) in [5.41, 5.74) is 0.207. The minimum absolute atomic E-state index is 0.190. The molecule has 0 aliphatic carbocycles. The van der Waals surface area contributed by atoms with Crippen LogP contribution in [0.15, 0.2) is 22.4 Å². The van der Waals surface area contributed by atoms with Crippen molar-refractivity contribution in [1.82, 2.24) is 20.3 Å². The largest absolute Gasteiger partial charge is 0.350 e. The van der Waals surface area contributed by atoms with Crippen LogP contribution < -0.4 is 10.2 Å². The second-order valence-corrected chi connectivity index (χ2v) is 8.25. The highest BCUT2D eigenvalue weighted by molar-refractivity contribution is 9.10. The Bertz CT molecular complexity index is 823. The minimum Gasteiger partial charge on any atom is -0.350 e. The number of halogens is 3. The monoisotopic (exact) mass is 489 g/mol. The molecule has 1 atom stereocenters. The van der Waals surface area contributed by atoms with Crippen molar-refractivity contribution in [1.29, 1.82) is 0 Å². The number of thioether (sulfide) groups is 1. The Labute approximate surface area is 183 Å². The van der Waals surface area contributed by atoms with Crippen LogP contribution in [0.1, 0.15) is 33.6 Å². The Morgan fingerprint density at radius 1 is 1.39 bits per heavy atom. The zero-order chi connectivity index (χ0) is 20.7. The lowest BCUT2D eigenvalue weighted by atomic mass is 10.1. The molecule has 3 rings (SSSR count). The highest BCUT2D eigenvalue weighted by atomic mass is 79.9. The predicted molar refractivity (Wildman–Crippen MR) is 121 cm³/mol. The second kappa shape index (κ2) is 11.3. The molecule has 3 heterocycles. The predicted octanol–water partition coefficient (Wildman–Crippen LogP) is 5.46. The van der Waals surface area contributed by atoms with Gasteiger partial charge < -0.3 is 10.2 Å². The molecule has 1 aliphatic heterocycles. The van der Waals surface area contributed by atoms with Crippen molar-refractivity contribution in [2.75, 3.05) is 30.3 Å². The molecule has 28 heavy (non-hydrogen) atoms. The van der Waals surface area contributed by atoms with E-state index < -0.39 is 5.82 Å². The quantitative estimate of drug-likeness (QED) is 0.251. The molecule has 2 aromatic heterocycles. The maximum Gasteiger partial charge on any atom is 0.190 e. The van der Waals surface area contributed by atoms with E-state index in [2.05, 4.69) is 42.7 Å². The van der Waals surface area contributed by atoms with Crippen LogP contribution in [-0.2, 0) is 0 Å². The number of fused-ring (bicyclic) bond motifs is 1. The third kappa shape index (κ3) is 5.14. The van der Waals surface area contributed by atoms with Gasteiger partial charge in [0, 0.05) is 25.7 Å². The zero-order valence-corrected chi connectivity index (χ0v) is 19.6. The van der Waals surface area contributed by atoms with Crippen molar-refractivity contribution in [2.45, 2.75) is 44.8 Å². The van der Waals surface area contributed by atoms with Gasteiger partial charge in [-0.1, -0.05) is 50.2 Å². The van der Waals surface area contributed by atoms with Crippen LogP contribution in [0.5, 0.6) is 0 Å². The van der Waals surface area contributed by atoms with Gasteiger partial charge in [-0.15, -0.1) is 6.58 Å². The number of pyridine rings is 1. The third-order valence-corrected chi connectivity index (χ3v) is 5.81. The van der Waals surface area contributed by atoms with E-state index in [0.717, 1.165) is 38.2 Å².